The Hall–Kier alpha value is -2.63. The molecule has 4 rings (SSSR count). The van der Waals surface area contributed by atoms with E-state index in [1.54, 1.807) is 4.57 Å². The summed E-state index contributed by atoms with van der Waals surface area (Å²) in [5, 5.41) is 24.7. The molecule has 1 saturated heterocycles. The number of likely N-dealkylation sites (N-methyl/N-ethyl adjacent to an activating group) is 1. The quantitative estimate of drug-likeness (QED) is 0.397. The van der Waals surface area contributed by atoms with Crippen LogP contribution in [0.15, 0.2) is 36.9 Å². The van der Waals surface area contributed by atoms with Gasteiger partial charge in [-0.05, 0) is 26.5 Å². The normalized spacial score (nSPS) is 24.4. The first-order valence-corrected chi connectivity index (χ1v) is 10.8. The Morgan fingerprint density at radius 1 is 1.19 bits per heavy atom. The van der Waals surface area contributed by atoms with Crippen LogP contribution in [0.4, 0.5) is 5.82 Å². The van der Waals surface area contributed by atoms with E-state index in [1.165, 1.54) is 23.8 Å². The molecule has 3 heterocycles. The second-order valence-electron chi connectivity index (χ2n) is 8.48. The Balaban J connectivity index is 1.32. The molecular weight excluding hydrogens is 410 g/mol. The number of anilines is 1. The number of nitrogens with one attached hydrogen (secondary N) is 1. The molecule has 0 amide bonds. The summed E-state index contributed by atoms with van der Waals surface area (Å²) in [6.07, 6.45) is -0.656. The molecule has 0 bridgehead atoms. The van der Waals surface area contributed by atoms with Gasteiger partial charge in [-0.25, -0.2) is 15.0 Å². The number of benzene rings is 1. The molecule has 1 unspecified atom stereocenters. The number of fused-ring (bicyclic) bond motifs is 1. The Kier molecular flexibility index (Phi) is 6.68. The van der Waals surface area contributed by atoms with Crippen LogP contribution in [-0.2, 0) is 4.74 Å². The van der Waals surface area contributed by atoms with Gasteiger partial charge in [-0.15, -0.1) is 0 Å². The lowest BCUT2D eigenvalue weighted by atomic mass is 10.1. The van der Waals surface area contributed by atoms with Crippen molar-refractivity contribution in [1.82, 2.24) is 29.7 Å². The lowest BCUT2D eigenvalue weighted by Crippen LogP contribution is -2.40. The zero-order valence-corrected chi connectivity index (χ0v) is 18.6. The van der Waals surface area contributed by atoms with E-state index >= 15 is 0 Å². The average molecular weight is 442 g/mol. The van der Waals surface area contributed by atoms with Crippen LogP contribution in [0.2, 0.25) is 0 Å². The highest BCUT2D eigenvalue weighted by molar-refractivity contribution is 5.81. The third kappa shape index (κ3) is 4.59. The van der Waals surface area contributed by atoms with Gasteiger partial charge in [0.25, 0.3) is 0 Å². The number of ether oxygens (including phenoxy) is 1. The van der Waals surface area contributed by atoms with Crippen LogP contribution >= 0.6 is 0 Å². The van der Waals surface area contributed by atoms with E-state index in [1.807, 2.05) is 7.05 Å². The van der Waals surface area contributed by atoms with Crippen LogP contribution in [-0.4, -0.2) is 79.6 Å². The molecule has 1 aliphatic rings. The standard InChI is InChI=1S/C22H31N7O3/c1-13-4-6-15(7-5-13)14(2)24-8-9-28(3)10-16-18(30)19(31)22(32-16)29-12-27-17-20(23)25-11-26-21(17)29/h4-7,11-12,14,16,18-19,22,24,30-31H,8-10H2,1-3H3,(H2,23,25,26)/t14?,16-,18-,19-,22-/m1/s1. The molecule has 2 aromatic heterocycles. The second kappa shape index (κ2) is 9.47. The number of imidazole rings is 1. The third-order valence-corrected chi connectivity index (χ3v) is 6.01. The van der Waals surface area contributed by atoms with E-state index in [0.29, 0.717) is 17.7 Å². The highest BCUT2D eigenvalue weighted by Gasteiger charge is 2.44. The van der Waals surface area contributed by atoms with Crippen LogP contribution in [0.1, 0.15) is 30.3 Å². The fourth-order valence-corrected chi connectivity index (χ4v) is 4.01. The largest absolute Gasteiger partial charge is 0.387 e. The molecule has 32 heavy (non-hydrogen) atoms. The molecule has 0 aliphatic carbocycles. The zero-order chi connectivity index (χ0) is 22.8. The highest BCUT2D eigenvalue weighted by Crippen LogP contribution is 2.32. The molecule has 0 saturated carbocycles. The summed E-state index contributed by atoms with van der Waals surface area (Å²) >= 11 is 0. The zero-order valence-electron chi connectivity index (χ0n) is 18.6. The number of aliphatic hydroxyl groups is 2. The minimum Gasteiger partial charge on any atom is -0.387 e. The maximum atomic E-state index is 10.6. The molecule has 10 nitrogen and oxygen atoms in total. The van der Waals surface area contributed by atoms with Crippen LogP contribution in [0.3, 0.4) is 0 Å². The Morgan fingerprint density at radius 3 is 2.69 bits per heavy atom. The Morgan fingerprint density at radius 2 is 1.94 bits per heavy atom. The van der Waals surface area contributed by atoms with Gasteiger partial charge >= 0.3 is 0 Å². The van der Waals surface area contributed by atoms with Crippen molar-refractivity contribution in [3.63, 3.8) is 0 Å². The molecular formula is C22H31N7O3. The molecule has 5 N–H and O–H groups in total. The van der Waals surface area contributed by atoms with Gasteiger partial charge in [0.2, 0.25) is 0 Å². The van der Waals surface area contributed by atoms with Crippen molar-refractivity contribution in [1.29, 1.82) is 0 Å². The van der Waals surface area contributed by atoms with Crippen LogP contribution in [0.5, 0.6) is 0 Å². The number of aryl methyl sites for hydroxylation is 1. The van der Waals surface area contributed by atoms with Gasteiger partial charge < -0.3 is 30.9 Å². The van der Waals surface area contributed by atoms with E-state index < -0.39 is 24.5 Å². The fourth-order valence-electron chi connectivity index (χ4n) is 4.01. The molecule has 0 spiro atoms. The van der Waals surface area contributed by atoms with Gasteiger partial charge in [-0.2, -0.15) is 0 Å². The summed E-state index contributed by atoms with van der Waals surface area (Å²) in [6, 6.07) is 8.75. The van der Waals surface area contributed by atoms with Gasteiger partial charge in [-0.3, -0.25) is 4.57 Å². The van der Waals surface area contributed by atoms with Crippen molar-refractivity contribution < 1.29 is 14.9 Å². The van der Waals surface area contributed by atoms with Crippen molar-refractivity contribution in [2.75, 3.05) is 32.4 Å². The lowest BCUT2D eigenvalue weighted by Gasteiger charge is -2.24. The molecule has 5 atom stereocenters. The predicted octanol–water partition coefficient (Wildman–Crippen LogP) is 0.619. The van der Waals surface area contributed by atoms with E-state index in [4.69, 9.17) is 10.5 Å². The smallest absolute Gasteiger partial charge is 0.167 e. The number of hydrogen-bond donors (Lipinski definition) is 4. The second-order valence-corrected chi connectivity index (χ2v) is 8.48. The lowest BCUT2D eigenvalue weighted by molar-refractivity contribution is -0.0420. The predicted molar refractivity (Wildman–Crippen MR) is 121 cm³/mol. The number of nitrogens with two attached hydrogens (primary N) is 1. The summed E-state index contributed by atoms with van der Waals surface area (Å²) in [4.78, 5) is 14.4. The van der Waals surface area contributed by atoms with Crippen molar-refractivity contribution in [2.24, 2.45) is 0 Å². The minimum atomic E-state index is -1.11. The summed E-state index contributed by atoms with van der Waals surface area (Å²) in [7, 11) is 1.97. The van der Waals surface area contributed by atoms with E-state index in [9.17, 15) is 10.2 Å². The summed E-state index contributed by atoms with van der Waals surface area (Å²) in [5.41, 5.74) is 9.23. The molecule has 172 valence electrons. The first-order valence-electron chi connectivity index (χ1n) is 10.8. The van der Waals surface area contributed by atoms with Crippen LogP contribution in [0, 0.1) is 6.92 Å². The highest BCUT2D eigenvalue weighted by atomic mass is 16.6. The number of rotatable bonds is 8. The van der Waals surface area contributed by atoms with Gasteiger partial charge in [0.15, 0.2) is 17.7 Å². The SMILES string of the molecule is Cc1ccc(C(C)NCCN(C)C[C@H]2O[C@@H](n3cnc4c(N)ncnc43)[C@H](O)[C@@H]2O)cc1. The Labute approximate surface area is 187 Å². The van der Waals surface area contributed by atoms with Crippen molar-refractivity contribution in [3.05, 3.63) is 48.0 Å². The molecule has 0 radical (unpaired) electrons. The number of nitrogen functional groups attached to an aromatic ring is 1. The first kappa shape index (κ1) is 22.6. The fraction of sp³-hybridized carbons (Fsp3) is 0.500. The van der Waals surface area contributed by atoms with Crippen molar-refractivity contribution >= 4 is 17.0 Å². The monoisotopic (exact) mass is 441 g/mol. The third-order valence-electron chi connectivity index (χ3n) is 6.01. The van der Waals surface area contributed by atoms with E-state index in [2.05, 4.69) is 63.3 Å². The first-order chi connectivity index (χ1) is 15.3. The summed E-state index contributed by atoms with van der Waals surface area (Å²) in [5.74, 6) is 0.255. The number of nitrogens with zero attached hydrogens (tertiary/aromatic N) is 5. The number of aliphatic hydroxyl groups excluding tert-OH is 2. The van der Waals surface area contributed by atoms with E-state index in [-0.39, 0.29) is 11.9 Å². The van der Waals surface area contributed by atoms with Gasteiger partial charge in [0, 0.05) is 25.7 Å². The molecule has 1 fully saturated rings. The molecule has 1 aliphatic heterocycles. The number of aromatic nitrogens is 4. The van der Waals surface area contributed by atoms with Gasteiger partial charge in [0.05, 0.1) is 6.33 Å². The number of hydrogen-bond acceptors (Lipinski definition) is 9. The van der Waals surface area contributed by atoms with Crippen molar-refractivity contribution in [3.8, 4) is 0 Å². The summed E-state index contributed by atoms with van der Waals surface area (Å²) < 4.78 is 7.61. The Bertz CT molecular complexity index is 1040. The molecule has 1 aromatic carbocycles. The van der Waals surface area contributed by atoms with Crippen molar-refractivity contribution in [2.45, 2.75) is 44.4 Å². The van der Waals surface area contributed by atoms with Gasteiger partial charge in [-0.1, -0.05) is 29.8 Å². The van der Waals surface area contributed by atoms with Gasteiger partial charge in [0.1, 0.15) is 30.2 Å². The van der Waals surface area contributed by atoms with Crippen LogP contribution < -0.4 is 11.1 Å². The molecule has 3 aromatic rings. The topological polar surface area (TPSA) is 135 Å². The molecule has 10 heteroatoms. The summed E-state index contributed by atoms with van der Waals surface area (Å²) in [6.45, 7) is 6.24. The average Bonchev–Trinajstić information content (AvgIpc) is 3.31. The maximum absolute atomic E-state index is 10.6. The van der Waals surface area contributed by atoms with E-state index in [0.717, 1.165) is 13.1 Å². The maximum Gasteiger partial charge on any atom is 0.167 e. The minimum absolute atomic E-state index is 0.243. The van der Waals surface area contributed by atoms with Crippen LogP contribution in [0.25, 0.3) is 11.2 Å².